The molecule has 2 aromatic rings. The number of urea groups is 1. The number of nitrogens with one attached hydrogen (secondary N) is 3. The number of carbonyl (C=O) groups is 3. The van der Waals surface area contributed by atoms with Gasteiger partial charge in [-0.25, -0.2) is 4.79 Å². The van der Waals surface area contributed by atoms with Gasteiger partial charge in [0.25, 0.3) is 0 Å². The number of carbonyl (C=O) groups excluding carboxylic acids is 3. The van der Waals surface area contributed by atoms with Crippen LogP contribution in [0.15, 0.2) is 0 Å². The van der Waals surface area contributed by atoms with Gasteiger partial charge < -0.3 is 37.2 Å². The maximum atomic E-state index is 12.8. The van der Waals surface area contributed by atoms with Crippen molar-refractivity contribution >= 4 is 64.4 Å². The Hall–Kier alpha value is -3.66. The van der Waals surface area contributed by atoms with Crippen LogP contribution >= 0.6 is 12.4 Å². The molecule has 0 unspecified atom stereocenters. The van der Waals surface area contributed by atoms with E-state index in [2.05, 4.69) is 46.5 Å². The zero-order valence-electron chi connectivity index (χ0n) is 38.4. The molecule has 0 aliphatic carbocycles. The highest BCUT2D eigenvalue weighted by Crippen LogP contribution is 2.46. The number of rotatable bonds is 17. The zero-order valence-corrected chi connectivity index (χ0v) is 39.2. The standard InChI is InChI=1S/C24H40N4O2.C23H39N3O.ClH/c1-7-8-9-10-11-12-14-28-15-13-18-16(2)19(27-23(25)30)17(3)20(21(18)28)26-22(29)24(4,5)6;1-7-8-9-10-11-12-14-26-15-13-18-16(2)19(24)17(3)20(21(18)26)25-22(27)23(4,5)6;/h7-15H2,1-6H3,(H,26,29)(H3,25,27,30);7-15,24H2,1-6H3,(H,25,27);1H. The number of fused-ring (bicyclic) bond motifs is 2. The van der Waals surface area contributed by atoms with Gasteiger partial charge in [0.2, 0.25) is 11.8 Å². The van der Waals surface area contributed by atoms with E-state index in [0.29, 0.717) is 5.69 Å². The number of nitrogens with zero attached hydrogens (tertiary/aromatic N) is 2. The molecule has 0 aromatic heterocycles. The predicted molar refractivity (Wildman–Crippen MR) is 251 cm³/mol. The second-order valence-corrected chi connectivity index (χ2v) is 18.6. The monoisotopic (exact) mass is 826 g/mol. The summed E-state index contributed by atoms with van der Waals surface area (Å²) < 4.78 is 0. The molecular formula is C47H80ClN7O3. The molecule has 7 N–H and O–H groups in total. The molecular weight excluding hydrogens is 746 g/mol. The third kappa shape index (κ3) is 13.2. The summed E-state index contributed by atoms with van der Waals surface area (Å²) in [5, 5.41) is 9.15. The number of amides is 4. The Kier molecular flexibility index (Phi) is 19.7. The van der Waals surface area contributed by atoms with Crippen molar-refractivity contribution in [3.8, 4) is 0 Å². The molecule has 4 rings (SSSR count). The number of primary amides is 1. The topological polar surface area (TPSA) is 146 Å². The summed E-state index contributed by atoms with van der Waals surface area (Å²) in [6.07, 6.45) is 17.2. The minimum absolute atomic E-state index is 0. The van der Waals surface area contributed by atoms with Gasteiger partial charge in [-0.15, -0.1) is 12.4 Å². The van der Waals surface area contributed by atoms with Crippen LogP contribution in [0.2, 0.25) is 0 Å². The normalized spacial score (nSPS) is 13.3. The van der Waals surface area contributed by atoms with Crippen molar-refractivity contribution in [2.45, 2.75) is 173 Å². The van der Waals surface area contributed by atoms with Crippen molar-refractivity contribution in [3.63, 3.8) is 0 Å². The first-order chi connectivity index (χ1) is 26.8. The van der Waals surface area contributed by atoms with E-state index in [1.165, 1.54) is 93.0 Å². The lowest BCUT2D eigenvalue weighted by molar-refractivity contribution is -0.123. The first kappa shape index (κ1) is 50.5. The number of unbranched alkanes of at least 4 members (excludes halogenated alkanes) is 10. The molecule has 0 saturated carbocycles. The van der Waals surface area contributed by atoms with Crippen LogP contribution in [0, 0.1) is 38.5 Å². The van der Waals surface area contributed by atoms with Gasteiger partial charge in [0.05, 0.1) is 28.4 Å². The molecule has 0 saturated heterocycles. The van der Waals surface area contributed by atoms with Crippen molar-refractivity contribution in [1.29, 1.82) is 0 Å². The summed E-state index contributed by atoms with van der Waals surface area (Å²) in [5.74, 6) is 0.00978. The van der Waals surface area contributed by atoms with E-state index in [1.54, 1.807) is 0 Å². The SMILES string of the molecule is CCCCCCCCN1CCc2c(C)c(N)c(C)c(NC(=O)C(C)(C)C)c21.CCCCCCCCN1CCc2c(C)c(NC(N)=O)c(C)c(NC(=O)C(C)(C)C)c21.Cl. The number of hydrogen-bond acceptors (Lipinski definition) is 6. The molecule has 2 heterocycles. The van der Waals surface area contributed by atoms with Crippen LogP contribution in [-0.4, -0.2) is 44.0 Å². The molecule has 0 spiro atoms. The van der Waals surface area contributed by atoms with Crippen LogP contribution in [0.25, 0.3) is 0 Å². The summed E-state index contributed by atoms with van der Waals surface area (Å²) in [5.41, 5.74) is 23.1. The number of hydrogen-bond donors (Lipinski definition) is 5. The number of benzene rings is 2. The Balaban J connectivity index is 0.000000395. The number of halogens is 1. The van der Waals surface area contributed by atoms with Gasteiger partial charge in [-0.05, 0) is 86.8 Å². The molecule has 2 aliphatic rings. The molecule has 2 aromatic carbocycles. The molecule has 0 atom stereocenters. The highest BCUT2D eigenvalue weighted by Gasteiger charge is 2.32. The summed E-state index contributed by atoms with van der Waals surface area (Å²) >= 11 is 0. The highest BCUT2D eigenvalue weighted by molar-refractivity contribution is 6.03. The van der Waals surface area contributed by atoms with Crippen molar-refractivity contribution in [2.24, 2.45) is 16.6 Å². The minimum atomic E-state index is -0.587. The van der Waals surface area contributed by atoms with E-state index in [4.69, 9.17) is 11.5 Å². The molecule has 58 heavy (non-hydrogen) atoms. The van der Waals surface area contributed by atoms with Crippen molar-refractivity contribution in [2.75, 3.05) is 57.7 Å². The fraction of sp³-hybridized carbons (Fsp3) is 0.681. The Morgan fingerprint density at radius 3 is 1.33 bits per heavy atom. The maximum absolute atomic E-state index is 12.8. The van der Waals surface area contributed by atoms with Gasteiger partial charge in [-0.1, -0.05) is 120 Å². The van der Waals surface area contributed by atoms with Crippen molar-refractivity contribution in [1.82, 2.24) is 0 Å². The number of nitrogens with two attached hydrogens (primary N) is 2. The fourth-order valence-corrected chi connectivity index (χ4v) is 8.01. The van der Waals surface area contributed by atoms with Crippen LogP contribution in [0.5, 0.6) is 0 Å². The Morgan fingerprint density at radius 1 is 0.552 bits per heavy atom. The lowest BCUT2D eigenvalue weighted by Crippen LogP contribution is -2.30. The van der Waals surface area contributed by atoms with E-state index < -0.39 is 16.9 Å². The Labute approximate surface area is 358 Å². The first-order valence-electron chi connectivity index (χ1n) is 22.0. The van der Waals surface area contributed by atoms with Crippen LogP contribution in [0.3, 0.4) is 0 Å². The highest BCUT2D eigenvalue weighted by atomic mass is 35.5. The first-order valence-corrected chi connectivity index (χ1v) is 22.0. The van der Waals surface area contributed by atoms with E-state index in [0.717, 1.165) is 84.9 Å². The van der Waals surface area contributed by atoms with Gasteiger partial charge >= 0.3 is 6.03 Å². The minimum Gasteiger partial charge on any atom is -0.398 e. The molecule has 2 aliphatic heterocycles. The number of nitrogen functional groups attached to an aromatic ring is 1. The van der Waals surface area contributed by atoms with Gasteiger partial charge in [-0.3, -0.25) is 9.59 Å². The molecule has 328 valence electrons. The van der Waals surface area contributed by atoms with Crippen molar-refractivity contribution < 1.29 is 14.4 Å². The average molecular weight is 827 g/mol. The quantitative estimate of drug-likeness (QED) is 0.0793. The summed E-state index contributed by atoms with van der Waals surface area (Å²) in [7, 11) is 0. The second-order valence-electron chi connectivity index (χ2n) is 18.6. The third-order valence-electron chi connectivity index (χ3n) is 11.8. The zero-order chi connectivity index (χ0) is 42.7. The van der Waals surface area contributed by atoms with E-state index in [1.807, 2.05) is 62.3 Å². The summed E-state index contributed by atoms with van der Waals surface area (Å²) in [6, 6.07) is -0.587. The molecule has 0 bridgehead atoms. The van der Waals surface area contributed by atoms with Gasteiger partial charge in [0.15, 0.2) is 0 Å². The van der Waals surface area contributed by atoms with E-state index in [-0.39, 0.29) is 24.2 Å². The van der Waals surface area contributed by atoms with Gasteiger partial charge in [0.1, 0.15) is 0 Å². The average Bonchev–Trinajstić information content (AvgIpc) is 3.76. The van der Waals surface area contributed by atoms with Crippen LogP contribution in [0.4, 0.5) is 38.9 Å². The van der Waals surface area contributed by atoms with E-state index >= 15 is 0 Å². The molecule has 0 fully saturated rings. The second kappa shape index (κ2) is 22.6. The van der Waals surface area contributed by atoms with Crippen LogP contribution < -0.4 is 37.2 Å². The van der Waals surface area contributed by atoms with Crippen LogP contribution in [-0.2, 0) is 22.4 Å². The summed E-state index contributed by atoms with van der Waals surface area (Å²) in [4.78, 5) is 42.0. The van der Waals surface area contributed by atoms with Gasteiger partial charge in [0, 0.05) is 42.7 Å². The van der Waals surface area contributed by atoms with Crippen LogP contribution in [0.1, 0.15) is 166 Å². The maximum Gasteiger partial charge on any atom is 0.316 e. The Bertz CT molecular complexity index is 1710. The van der Waals surface area contributed by atoms with E-state index in [9.17, 15) is 14.4 Å². The molecule has 10 nitrogen and oxygen atoms in total. The lowest BCUT2D eigenvalue weighted by Gasteiger charge is -2.28. The Morgan fingerprint density at radius 2 is 0.931 bits per heavy atom. The third-order valence-corrected chi connectivity index (χ3v) is 11.8. The molecule has 4 amide bonds. The largest absolute Gasteiger partial charge is 0.398 e. The number of anilines is 6. The molecule has 0 radical (unpaired) electrons. The summed E-state index contributed by atoms with van der Waals surface area (Å²) in [6.45, 7) is 28.2. The fourth-order valence-electron chi connectivity index (χ4n) is 8.01. The smallest absolute Gasteiger partial charge is 0.316 e. The van der Waals surface area contributed by atoms with Crippen molar-refractivity contribution in [3.05, 3.63) is 33.4 Å². The van der Waals surface area contributed by atoms with Gasteiger partial charge in [-0.2, -0.15) is 0 Å². The predicted octanol–water partition coefficient (Wildman–Crippen LogP) is 11.5. The molecule has 11 heteroatoms. The lowest BCUT2D eigenvalue weighted by atomic mass is 9.93.